The highest BCUT2D eigenvalue weighted by molar-refractivity contribution is 6.31. The third kappa shape index (κ3) is 2.77. The molecule has 0 radical (unpaired) electrons. The van der Waals surface area contributed by atoms with Gasteiger partial charge in [-0.3, -0.25) is 9.89 Å². The molecule has 4 aromatic rings. The number of H-pyrrole nitrogens is 2. The van der Waals surface area contributed by atoms with Gasteiger partial charge >= 0.3 is 0 Å². The fraction of sp³-hybridized carbons (Fsp3) is 0.0556. The lowest BCUT2D eigenvalue weighted by Gasteiger charge is -2.12. The lowest BCUT2D eigenvalue weighted by Crippen LogP contribution is -2.07. The van der Waals surface area contributed by atoms with Crippen molar-refractivity contribution in [3.05, 3.63) is 70.0 Å². The molecule has 0 aliphatic carbocycles. The standard InChI is InChI=1S/C18H13ClN4O2/c1-10-13(3-2-4-16(10)19)14-5-11(25-12-7-22-23-8-12)6-15-17(14)20-9-21-18(15)24/h2-9H,1H3,(H,22,23)(H,20,21,24). The number of hydrogen-bond acceptors (Lipinski definition) is 4. The third-order valence-electron chi connectivity index (χ3n) is 3.98. The van der Waals surface area contributed by atoms with E-state index in [1.807, 2.05) is 31.2 Å². The van der Waals surface area contributed by atoms with Crippen LogP contribution in [0.2, 0.25) is 5.02 Å². The van der Waals surface area contributed by atoms with Crippen LogP contribution in [0.25, 0.3) is 22.0 Å². The minimum Gasteiger partial charge on any atom is -0.454 e. The summed E-state index contributed by atoms with van der Waals surface area (Å²) in [5.74, 6) is 1.07. The van der Waals surface area contributed by atoms with Crippen LogP contribution in [0, 0.1) is 6.92 Å². The quantitative estimate of drug-likeness (QED) is 0.582. The topological polar surface area (TPSA) is 83.7 Å². The Morgan fingerprint density at radius 1 is 1.16 bits per heavy atom. The average Bonchev–Trinajstić information content (AvgIpc) is 3.11. The summed E-state index contributed by atoms with van der Waals surface area (Å²) in [5.41, 5.74) is 2.94. The van der Waals surface area contributed by atoms with Crippen molar-refractivity contribution in [2.24, 2.45) is 0 Å². The van der Waals surface area contributed by atoms with E-state index in [0.717, 1.165) is 16.7 Å². The summed E-state index contributed by atoms with van der Waals surface area (Å²) in [6.07, 6.45) is 4.58. The number of nitrogens with one attached hydrogen (secondary N) is 2. The monoisotopic (exact) mass is 352 g/mol. The third-order valence-corrected chi connectivity index (χ3v) is 4.39. The number of rotatable bonds is 3. The van der Waals surface area contributed by atoms with Crippen molar-refractivity contribution in [2.45, 2.75) is 6.92 Å². The zero-order chi connectivity index (χ0) is 17.4. The van der Waals surface area contributed by atoms with E-state index in [4.69, 9.17) is 16.3 Å². The largest absolute Gasteiger partial charge is 0.454 e. The van der Waals surface area contributed by atoms with Gasteiger partial charge in [0.1, 0.15) is 5.75 Å². The molecule has 0 unspecified atom stereocenters. The van der Waals surface area contributed by atoms with Gasteiger partial charge in [-0.25, -0.2) is 4.98 Å². The van der Waals surface area contributed by atoms with E-state index in [-0.39, 0.29) is 5.56 Å². The molecule has 2 heterocycles. The molecule has 4 rings (SSSR count). The van der Waals surface area contributed by atoms with Crippen LogP contribution in [0.4, 0.5) is 0 Å². The van der Waals surface area contributed by atoms with Gasteiger partial charge < -0.3 is 9.72 Å². The minimum absolute atomic E-state index is 0.233. The maximum Gasteiger partial charge on any atom is 0.258 e. The van der Waals surface area contributed by atoms with Crippen molar-refractivity contribution in [3.63, 3.8) is 0 Å². The first kappa shape index (κ1) is 15.4. The highest BCUT2D eigenvalue weighted by Crippen LogP contribution is 2.35. The van der Waals surface area contributed by atoms with Crippen LogP contribution in [0.3, 0.4) is 0 Å². The van der Waals surface area contributed by atoms with Gasteiger partial charge in [0.2, 0.25) is 0 Å². The lowest BCUT2D eigenvalue weighted by atomic mass is 9.98. The van der Waals surface area contributed by atoms with Gasteiger partial charge in [0.25, 0.3) is 5.56 Å². The summed E-state index contributed by atoms with van der Waals surface area (Å²) in [5, 5.41) is 7.64. The number of aromatic nitrogens is 4. The lowest BCUT2D eigenvalue weighted by molar-refractivity contribution is 0.484. The Kier molecular flexibility index (Phi) is 3.74. The van der Waals surface area contributed by atoms with Crippen LogP contribution < -0.4 is 10.3 Å². The Morgan fingerprint density at radius 3 is 2.84 bits per heavy atom. The maximum absolute atomic E-state index is 12.3. The molecular formula is C18H13ClN4O2. The molecule has 2 aromatic heterocycles. The van der Waals surface area contributed by atoms with Gasteiger partial charge in [-0.05, 0) is 36.2 Å². The predicted octanol–water partition coefficient (Wildman–Crippen LogP) is 4.07. The van der Waals surface area contributed by atoms with E-state index in [1.165, 1.54) is 6.33 Å². The number of halogens is 1. The Balaban J connectivity index is 2.00. The van der Waals surface area contributed by atoms with Gasteiger partial charge in [-0.2, -0.15) is 5.10 Å². The molecule has 6 nitrogen and oxygen atoms in total. The first-order valence-electron chi connectivity index (χ1n) is 7.57. The zero-order valence-electron chi connectivity index (χ0n) is 13.2. The van der Waals surface area contributed by atoms with Crippen LogP contribution in [-0.4, -0.2) is 20.2 Å². The van der Waals surface area contributed by atoms with Gasteiger partial charge in [0.05, 0.1) is 29.6 Å². The van der Waals surface area contributed by atoms with E-state index >= 15 is 0 Å². The molecule has 0 spiro atoms. The highest BCUT2D eigenvalue weighted by atomic mass is 35.5. The highest BCUT2D eigenvalue weighted by Gasteiger charge is 2.14. The van der Waals surface area contributed by atoms with Gasteiger partial charge in [-0.15, -0.1) is 0 Å². The first-order valence-corrected chi connectivity index (χ1v) is 7.95. The molecule has 2 aromatic carbocycles. The molecule has 2 N–H and O–H groups in total. The number of aromatic amines is 2. The van der Waals surface area contributed by atoms with Crippen molar-refractivity contribution in [3.8, 4) is 22.6 Å². The molecule has 124 valence electrons. The van der Waals surface area contributed by atoms with Gasteiger partial charge in [0, 0.05) is 10.6 Å². The predicted molar refractivity (Wildman–Crippen MR) is 96.2 cm³/mol. The number of ether oxygens (including phenoxy) is 1. The molecule has 0 fully saturated rings. The number of nitrogens with zero attached hydrogens (tertiary/aromatic N) is 2. The van der Waals surface area contributed by atoms with Crippen LogP contribution in [0.15, 0.2) is 53.8 Å². The molecule has 0 aliphatic rings. The second kappa shape index (κ2) is 6.07. The summed E-state index contributed by atoms with van der Waals surface area (Å²) >= 11 is 6.27. The number of hydrogen-bond donors (Lipinski definition) is 2. The Labute approximate surface area is 147 Å². The summed E-state index contributed by atoms with van der Waals surface area (Å²) in [6, 6.07) is 9.15. The van der Waals surface area contributed by atoms with Crippen molar-refractivity contribution >= 4 is 22.5 Å². The summed E-state index contributed by atoms with van der Waals surface area (Å²) in [4.78, 5) is 19.2. The fourth-order valence-electron chi connectivity index (χ4n) is 2.75. The minimum atomic E-state index is -0.233. The smallest absolute Gasteiger partial charge is 0.258 e. The molecule has 0 aliphatic heterocycles. The molecule has 0 saturated heterocycles. The van der Waals surface area contributed by atoms with Crippen LogP contribution in [0.5, 0.6) is 11.5 Å². The summed E-state index contributed by atoms with van der Waals surface area (Å²) in [7, 11) is 0. The summed E-state index contributed by atoms with van der Waals surface area (Å²) < 4.78 is 5.81. The van der Waals surface area contributed by atoms with Crippen molar-refractivity contribution in [2.75, 3.05) is 0 Å². The molecule has 0 bridgehead atoms. The Hall–Kier alpha value is -3.12. The second-order valence-electron chi connectivity index (χ2n) is 5.55. The van der Waals surface area contributed by atoms with E-state index in [2.05, 4.69) is 20.2 Å². The van der Waals surface area contributed by atoms with E-state index < -0.39 is 0 Å². The van der Waals surface area contributed by atoms with E-state index in [1.54, 1.807) is 18.5 Å². The molecular weight excluding hydrogens is 340 g/mol. The normalized spacial score (nSPS) is 11.0. The summed E-state index contributed by atoms with van der Waals surface area (Å²) in [6.45, 7) is 1.93. The van der Waals surface area contributed by atoms with E-state index in [9.17, 15) is 4.79 Å². The van der Waals surface area contributed by atoms with Crippen molar-refractivity contribution in [1.82, 2.24) is 20.2 Å². The number of fused-ring (bicyclic) bond motifs is 1. The van der Waals surface area contributed by atoms with Crippen molar-refractivity contribution in [1.29, 1.82) is 0 Å². The Bertz CT molecular complexity index is 1120. The molecule has 0 saturated carbocycles. The fourth-order valence-corrected chi connectivity index (χ4v) is 2.92. The molecule has 7 heteroatoms. The zero-order valence-corrected chi connectivity index (χ0v) is 14.0. The molecule has 25 heavy (non-hydrogen) atoms. The second-order valence-corrected chi connectivity index (χ2v) is 5.95. The number of benzene rings is 2. The van der Waals surface area contributed by atoms with Crippen LogP contribution >= 0.6 is 11.6 Å². The SMILES string of the molecule is Cc1c(Cl)cccc1-c1cc(Oc2cn[nH]c2)cc2c(=O)[nH]cnc12. The maximum atomic E-state index is 12.3. The van der Waals surface area contributed by atoms with Gasteiger partial charge in [-0.1, -0.05) is 23.7 Å². The van der Waals surface area contributed by atoms with Crippen LogP contribution in [0.1, 0.15) is 5.56 Å². The average molecular weight is 353 g/mol. The molecule has 0 atom stereocenters. The first-order chi connectivity index (χ1) is 12.1. The van der Waals surface area contributed by atoms with Crippen LogP contribution in [-0.2, 0) is 0 Å². The molecule has 0 amide bonds. The van der Waals surface area contributed by atoms with E-state index in [0.29, 0.717) is 27.4 Å². The van der Waals surface area contributed by atoms with Crippen molar-refractivity contribution < 1.29 is 4.74 Å². The van der Waals surface area contributed by atoms with Gasteiger partial charge in [0.15, 0.2) is 5.75 Å². The Morgan fingerprint density at radius 2 is 2.04 bits per heavy atom.